The van der Waals surface area contributed by atoms with Crippen LogP contribution in [0.5, 0.6) is 0 Å². The van der Waals surface area contributed by atoms with Crippen LogP contribution in [0.2, 0.25) is 5.02 Å². The number of carboxylic acids is 1. The number of carboxylic acid groups (broad SMARTS) is 1. The molecular weight excluding hydrogens is 560 g/mol. The van der Waals surface area contributed by atoms with Gasteiger partial charge in [0.05, 0.1) is 32.7 Å². The first-order valence-electron chi connectivity index (χ1n) is 12.1. The number of piperazine rings is 1. The summed E-state index contributed by atoms with van der Waals surface area (Å²) in [4.78, 5) is 29.9. The molecule has 202 valence electrons. The molecule has 0 aliphatic carbocycles. The highest BCUT2D eigenvalue weighted by molar-refractivity contribution is 7.90. The van der Waals surface area contributed by atoms with Crippen molar-refractivity contribution in [2.24, 2.45) is 0 Å². The van der Waals surface area contributed by atoms with Crippen molar-refractivity contribution in [1.82, 2.24) is 19.6 Å². The monoisotopic (exact) mass is 584 g/mol. The molecule has 5 rings (SSSR count). The minimum absolute atomic E-state index is 0.0544. The number of halogens is 1. The molecule has 0 radical (unpaired) electrons. The number of amides is 1. The van der Waals surface area contributed by atoms with Crippen molar-refractivity contribution in [2.45, 2.75) is 4.90 Å². The highest BCUT2D eigenvalue weighted by Crippen LogP contribution is 2.37. The number of benzene rings is 2. The first kappa shape index (κ1) is 27.1. The van der Waals surface area contributed by atoms with Crippen molar-refractivity contribution in [3.8, 4) is 26.7 Å². The zero-order valence-corrected chi connectivity index (χ0v) is 23.3. The summed E-state index contributed by atoms with van der Waals surface area (Å²) in [6, 6.07) is 19.6. The largest absolute Gasteiger partial charge is 0.480 e. The van der Waals surface area contributed by atoms with E-state index in [9.17, 15) is 18.0 Å². The maximum absolute atomic E-state index is 13.4. The predicted molar refractivity (Wildman–Crippen MR) is 150 cm³/mol. The Morgan fingerprint density at radius 1 is 0.974 bits per heavy atom. The summed E-state index contributed by atoms with van der Waals surface area (Å²) in [5.41, 5.74) is 2.32. The summed E-state index contributed by atoms with van der Waals surface area (Å²) in [6.07, 6.45) is 1.18. The molecule has 2 aromatic carbocycles. The predicted octanol–water partition coefficient (Wildman–Crippen LogP) is 4.17. The van der Waals surface area contributed by atoms with Crippen LogP contribution in [0.1, 0.15) is 10.5 Å². The van der Waals surface area contributed by atoms with Gasteiger partial charge in [0.2, 0.25) is 0 Å². The van der Waals surface area contributed by atoms with Crippen molar-refractivity contribution in [3.05, 3.63) is 77.4 Å². The zero-order chi connectivity index (χ0) is 27.7. The van der Waals surface area contributed by atoms with Gasteiger partial charge in [-0.2, -0.15) is 5.10 Å². The Kier molecular flexibility index (Phi) is 7.59. The van der Waals surface area contributed by atoms with E-state index in [1.165, 1.54) is 17.6 Å². The smallest absolute Gasteiger partial charge is 0.317 e. The van der Waals surface area contributed by atoms with Crippen LogP contribution in [0.15, 0.2) is 71.6 Å². The van der Waals surface area contributed by atoms with Crippen molar-refractivity contribution in [2.75, 3.05) is 39.0 Å². The van der Waals surface area contributed by atoms with Crippen molar-refractivity contribution in [1.29, 1.82) is 0 Å². The number of carbonyl (C=O) groups excluding carboxylic acids is 1. The maximum atomic E-state index is 13.4. The number of hydrogen-bond acceptors (Lipinski definition) is 7. The third-order valence-electron chi connectivity index (χ3n) is 6.43. The fourth-order valence-corrected chi connectivity index (χ4v) is 6.33. The Morgan fingerprint density at radius 2 is 1.69 bits per heavy atom. The molecule has 4 aromatic rings. The first-order chi connectivity index (χ1) is 18.6. The Labute approximate surface area is 234 Å². The third kappa shape index (κ3) is 5.91. The van der Waals surface area contributed by atoms with E-state index in [1.807, 2.05) is 36.4 Å². The van der Waals surface area contributed by atoms with Gasteiger partial charge in [-0.1, -0.05) is 35.9 Å². The third-order valence-corrected chi connectivity index (χ3v) is 9.02. The van der Waals surface area contributed by atoms with E-state index in [0.29, 0.717) is 42.6 Å². The van der Waals surface area contributed by atoms with Gasteiger partial charge in [0.15, 0.2) is 15.5 Å². The highest BCUT2D eigenvalue weighted by Gasteiger charge is 2.27. The number of aliphatic carboxylic acids is 1. The van der Waals surface area contributed by atoms with E-state index in [-0.39, 0.29) is 23.0 Å². The van der Waals surface area contributed by atoms with Gasteiger partial charge in [0, 0.05) is 37.3 Å². The lowest BCUT2D eigenvalue weighted by atomic mass is 10.2. The number of para-hydroxylation sites is 1. The van der Waals surface area contributed by atoms with Gasteiger partial charge in [-0.25, -0.2) is 13.1 Å². The van der Waals surface area contributed by atoms with E-state index in [0.717, 1.165) is 15.3 Å². The molecule has 0 saturated carbocycles. The number of nitrogens with zero attached hydrogens (tertiary/aromatic N) is 4. The molecule has 39 heavy (non-hydrogen) atoms. The number of rotatable bonds is 7. The summed E-state index contributed by atoms with van der Waals surface area (Å²) < 4.78 is 25.8. The van der Waals surface area contributed by atoms with Crippen molar-refractivity contribution in [3.63, 3.8) is 0 Å². The van der Waals surface area contributed by atoms with Crippen LogP contribution in [-0.2, 0) is 14.6 Å². The Balaban J connectivity index is 1.49. The second-order valence-corrected chi connectivity index (χ2v) is 12.7. The number of aromatic nitrogens is 2. The molecule has 12 heteroatoms. The van der Waals surface area contributed by atoms with Crippen molar-refractivity contribution < 1.29 is 23.1 Å². The number of sulfone groups is 1. The molecule has 0 spiro atoms. The first-order valence-corrected chi connectivity index (χ1v) is 15.2. The summed E-state index contributed by atoms with van der Waals surface area (Å²) in [5, 5.41) is 14.2. The van der Waals surface area contributed by atoms with Crippen LogP contribution >= 0.6 is 22.9 Å². The van der Waals surface area contributed by atoms with Gasteiger partial charge in [-0.3, -0.25) is 14.5 Å². The lowest BCUT2D eigenvalue weighted by Gasteiger charge is -2.33. The van der Waals surface area contributed by atoms with Gasteiger partial charge in [-0.15, -0.1) is 11.3 Å². The fourth-order valence-electron chi connectivity index (χ4n) is 4.44. The Hall–Kier alpha value is -3.51. The van der Waals surface area contributed by atoms with Crippen molar-refractivity contribution >= 4 is 44.7 Å². The molecule has 1 saturated heterocycles. The molecule has 0 bridgehead atoms. The van der Waals surface area contributed by atoms with Gasteiger partial charge in [-0.05, 0) is 48.0 Å². The summed E-state index contributed by atoms with van der Waals surface area (Å²) >= 11 is 7.97. The minimum Gasteiger partial charge on any atom is -0.480 e. The van der Waals surface area contributed by atoms with E-state index in [2.05, 4.69) is 5.10 Å². The fraction of sp³-hybridized carbons (Fsp3) is 0.222. The molecular formula is C27H25ClN4O5S2. The molecule has 1 aliphatic heterocycles. The van der Waals surface area contributed by atoms with Gasteiger partial charge in [0.1, 0.15) is 0 Å². The molecule has 2 aromatic heterocycles. The van der Waals surface area contributed by atoms with Crippen LogP contribution in [0.3, 0.4) is 0 Å². The molecule has 1 aliphatic rings. The van der Waals surface area contributed by atoms with E-state index >= 15 is 0 Å². The average Bonchev–Trinajstić information content (AvgIpc) is 3.56. The minimum atomic E-state index is -3.35. The molecule has 1 amide bonds. The standard InChI is InChI=1S/C27H25ClN4O5S2/c1-39(36,37)19-6-4-5-18(15-19)24-9-10-25(38-24)23-16-21(29-32(23)22-8-3-2-7-20(22)28)27(35)31-13-11-30(12-14-31)17-26(33)34/h2-10,15-16H,11-14,17H2,1H3,(H,33,34). The summed E-state index contributed by atoms with van der Waals surface area (Å²) in [6.45, 7) is 1.69. The summed E-state index contributed by atoms with van der Waals surface area (Å²) in [5.74, 6) is -1.13. The number of hydrogen-bond donors (Lipinski definition) is 1. The quantitative estimate of drug-likeness (QED) is 0.347. The number of thiophene rings is 1. The van der Waals surface area contributed by atoms with Gasteiger partial charge >= 0.3 is 5.97 Å². The Morgan fingerprint density at radius 3 is 2.38 bits per heavy atom. The van der Waals surface area contributed by atoms with E-state index in [1.54, 1.807) is 44.8 Å². The molecule has 3 heterocycles. The Bertz CT molecular complexity index is 1660. The van der Waals surface area contributed by atoms with Crippen LogP contribution < -0.4 is 0 Å². The molecule has 1 N–H and O–H groups in total. The maximum Gasteiger partial charge on any atom is 0.317 e. The average molecular weight is 585 g/mol. The van der Waals surface area contributed by atoms with Gasteiger partial charge in [0.25, 0.3) is 5.91 Å². The van der Waals surface area contributed by atoms with Crippen LogP contribution in [0.4, 0.5) is 0 Å². The molecule has 1 fully saturated rings. The SMILES string of the molecule is CS(=O)(=O)c1cccc(-c2ccc(-c3cc(C(=O)N4CCN(CC(=O)O)CC4)nn3-c3ccccc3Cl)s2)c1. The highest BCUT2D eigenvalue weighted by atomic mass is 35.5. The lowest BCUT2D eigenvalue weighted by molar-refractivity contribution is -0.138. The van der Waals surface area contributed by atoms with E-state index in [4.69, 9.17) is 16.7 Å². The molecule has 0 atom stereocenters. The second kappa shape index (κ2) is 10.9. The van der Waals surface area contributed by atoms with Crippen LogP contribution in [-0.4, -0.2) is 84.0 Å². The van der Waals surface area contributed by atoms with Crippen LogP contribution in [0, 0.1) is 0 Å². The topological polar surface area (TPSA) is 113 Å². The normalized spacial score (nSPS) is 14.5. The molecule has 0 unspecified atom stereocenters. The second-order valence-electron chi connectivity index (χ2n) is 9.20. The molecule has 9 nitrogen and oxygen atoms in total. The zero-order valence-electron chi connectivity index (χ0n) is 20.9. The van der Waals surface area contributed by atoms with Gasteiger partial charge < -0.3 is 10.0 Å². The van der Waals surface area contributed by atoms with E-state index < -0.39 is 15.8 Å². The van der Waals surface area contributed by atoms with Crippen LogP contribution in [0.25, 0.3) is 26.7 Å². The number of carbonyl (C=O) groups is 2. The lowest BCUT2D eigenvalue weighted by Crippen LogP contribution is -2.50. The summed E-state index contributed by atoms with van der Waals surface area (Å²) in [7, 11) is -3.35.